The number of ketones is 1. The molecule has 1 aliphatic rings. The van der Waals surface area contributed by atoms with Gasteiger partial charge in [0, 0.05) is 0 Å². The van der Waals surface area contributed by atoms with Crippen molar-refractivity contribution in [3.8, 4) is 0 Å². The molecule has 1 saturated heterocycles. The highest BCUT2D eigenvalue weighted by atomic mass is 79.9. The number of rotatable bonds is 4. The molecule has 1 N–H and O–H groups in total. The first-order chi connectivity index (χ1) is 11.3. The number of benzene rings is 1. The Balaban J connectivity index is 1.83. The maximum atomic E-state index is 12.8. The highest BCUT2D eigenvalue weighted by Gasteiger charge is 2.49. The van der Waals surface area contributed by atoms with E-state index in [9.17, 15) is 14.4 Å². The number of hydrogen-bond donors (Lipinski definition) is 1. The highest BCUT2D eigenvalue weighted by molar-refractivity contribution is 9.11. The van der Waals surface area contributed by atoms with Crippen molar-refractivity contribution in [1.29, 1.82) is 0 Å². The van der Waals surface area contributed by atoms with Gasteiger partial charge in [-0.25, -0.2) is 4.79 Å². The van der Waals surface area contributed by atoms with Gasteiger partial charge in [-0.05, 0) is 47.5 Å². The second-order valence-electron chi connectivity index (χ2n) is 5.84. The van der Waals surface area contributed by atoms with E-state index in [1.165, 1.54) is 11.3 Å². The smallest absolute Gasteiger partial charge is 0.319 e. The first kappa shape index (κ1) is 16.9. The topological polar surface area (TPSA) is 66.5 Å². The molecule has 124 valence electrons. The Morgan fingerprint density at radius 1 is 1.21 bits per heavy atom. The lowest BCUT2D eigenvalue weighted by molar-refractivity contribution is -0.130. The van der Waals surface area contributed by atoms with Crippen LogP contribution in [0.3, 0.4) is 0 Å². The van der Waals surface area contributed by atoms with Crippen LogP contribution in [-0.2, 0) is 10.3 Å². The summed E-state index contributed by atoms with van der Waals surface area (Å²) in [6.07, 6.45) is 0. The second-order valence-corrected chi connectivity index (χ2v) is 8.30. The van der Waals surface area contributed by atoms with Crippen molar-refractivity contribution in [2.75, 3.05) is 6.54 Å². The fraction of sp³-hybridized carbons (Fsp3) is 0.235. The average molecular weight is 407 g/mol. The summed E-state index contributed by atoms with van der Waals surface area (Å²) in [6, 6.07) is 10.3. The number of thiophene rings is 1. The molecule has 1 aromatic heterocycles. The van der Waals surface area contributed by atoms with E-state index in [0.717, 1.165) is 14.2 Å². The summed E-state index contributed by atoms with van der Waals surface area (Å²) in [5.41, 5.74) is 0.607. The van der Waals surface area contributed by atoms with Crippen molar-refractivity contribution in [3.05, 3.63) is 56.2 Å². The van der Waals surface area contributed by atoms with Gasteiger partial charge in [0.1, 0.15) is 5.54 Å². The van der Waals surface area contributed by atoms with Gasteiger partial charge in [0.2, 0.25) is 0 Å². The van der Waals surface area contributed by atoms with E-state index in [0.29, 0.717) is 10.4 Å². The summed E-state index contributed by atoms with van der Waals surface area (Å²) in [4.78, 5) is 38.8. The van der Waals surface area contributed by atoms with Crippen LogP contribution in [0.1, 0.15) is 27.7 Å². The predicted molar refractivity (Wildman–Crippen MR) is 95.1 cm³/mol. The fourth-order valence-corrected chi connectivity index (χ4v) is 3.92. The van der Waals surface area contributed by atoms with Crippen molar-refractivity contribution >= 4 is 45.0 Å². The fourth-order valence-electron chi connectivity index (χ4n) is 2.61. The number of aryl methyl sites for hydroxylation is 1. The molecule has 1 fully saturated rings. The maximum Gasteiger partial charge on any atom is 0.325 e. The molecule has 3 rings (SSSR count). The SMILES string of the molecule is Cc1ccc(C2(C)NC(=O)N(CC(=O)c3ccc(Br)s3)C2=O)cc1. The summed E-state index contributed by atoms with van der Waals surface area (Å²) < 4.78 is 0.826. The van der Waals surface area contributed by atoms with Gasteiger partial charge in [-0.2, -0.15) is 0 Å². The predicted octanol–water partition coefficient (Wildman–Crippen LogP) is 3.47. The van der Waals surface area contributed by atoms with Crippen LogP contribution in [0, 0.1) is 6.92 Å². The monoisotopic (exact) mass is 406 g/mol. The minimum absolute atomic E-state index is 0.262. The second kappa shape index (κ2) is 6.14. The summed E-state index contributed by atoms with van der Waals surface area (Å²) in [6.45, 7) is 3.34. The number of urea groups is 1. The van der Waals surface area contributed by atoms with Crippen LogP contribution in [0.5, 0.6) is 0 Å². The maximum absolute atomic E-state index is 12.8. The standard InChI is InChI=1S/C17H15BrN2O3S/c1-10-3-5-11(6-4-10)17(2)15(22)20(16(23)19-17)9-12(21)13-7-8-14(18)24-13/h3-8H,9H2,1-2H3,(H,19,23). The van der Waals surface area contributed by atoms with Crippen molar-refractivity contribution in [1.82, 2.24) is 10.2 Å². The van der Waals surface area contributed by atoms with Crippen LogP contribution in [0.4, 0.5) is 4.79 Å². The minimum Gasteiger partial charge on any atom is -0.319 e. The van der Waals surface area contributed by atoms with Gasteiger partial charge in [-0.3, -0.25) is 14.5 Å². The Bertz CT molecular complexity index is 831. The number of hydrogen-bond acceptors (Lipinski definition) is 4. The number of halogens is 1. The molecule has 1 unspecified atom stereocenters. The van der Waals surface area contributed by atoms with Crippen LogP contribution in [0.15, 0.2) is 40.2 Å². The summed E-state index contributed by atoms with van der Waals surface area (Å²) in [5.74, 6) is -0.678. The van der Waals surface area contributed by atoms with Gasteiger partial charge in [0.25, 0.3) is 5.91 Å². The molecular weight excluding hydrogens is 392 g/mol. The third-order valence-electron chi connectivity index (χ3n) is 4.05. The van der Waals surface area contributed by atoms with E-state index in [-0.39, 0.29) is 12.3 Å². The van der Waals surface area contributed by atoms with Crippen LogP contribution in [0.2, 0.25) is 0 Å². The van der Waals surface area contributed by atoms with Crippen LogP contribution in [0.25, 0.3) is 0 Å². The zero-order valence-corrected chi connectivity index (χ0v) is 15.5. The molecule has 3 amide bonds. The molecule has 0 radical (unpaired) electrons. The van der Waals surface area contributed by atoms with E-state index in [1.54, 1.807) is 19.1 Å². The van der Waals surface area contributed by atoms with Crippen molar-refractivity contribution in [2.45, 2.75) is 19.4 Å². The summed E-state index contributed by atoms with van der Waals surface area (Å²) >= 11 is 4.57. The molecule has 24 heavy (non-hydrogen) atoms. The number of imide groups is 1. The number of Topliss-reactive ketones (excluding diaryl/α,β-unsaturated/α-hetero) is 1. The van der Waals surface area contributed by atoms with Crippen molar-refractivity contribution < 1.29 is 14.4 Å². The Kier molecular flexibility index (Phi) is 4.31. The molecule has 0 spiro atoms. The number of nitrogens with one attached hydrogen (secondary N) is 1. The molecule has 1 atom stereocenters. The van der Waals surface area contributed by atoms with Gasteiger partial charge in [-0.1, -0.05) is 29.8 Å². The normalized spacial score (nSPS) is 20.4. The average Bonchev–Trinajstić information content (AvgIpc) is 3.06. The Hall–Kier alpha value is -1.99. The lowest BCUT2D eigenvalue weighted by Gasteiger charge is -2.22. The molecular formula is C17H15BrN2O3S. The number of amides is 3. The zero-order valence-electron chi connectivity index (χ0n) is 13.1. The quantitative estimate of drug-likeness (QED) is 0.624. The first-order valence-corrected chi connectivity index (χ1v) is 8.92. The lowest BCUT2D eigenvalue weighted by Crippen LogP contribution is -2.41. The summed E-state index contributed by atoms with van der Waals surface area (Å²) in [7, 11) is 0. The molecule has 2 aromatic rings. The molecule has 0 saturated carbocycles. The first-order valence-electron chi connectivity index (χ1n) is 7.31. The van der Waals surface area contributed by atoms with E-state index < -0.39 is 17.5 Å². The summed E-state index contributed by atoms with van der Waals surface area (Å²) in [5, 5.41) is 2.71. The molecule has 1 aliphatic heterocycles. The van der Waals surface area contributed by atoms with Gasteiger partial charge in [-0.15, -0.1) is 11.3 Å². The minimum atomic E-state index is -1.15. The number of carbonyl (C=O) groups excluding carboxylic acids is 3. The Morgan fingerprint density at radius 2 is 1.88 bits per heavy atom. The van der Waals surface area contributed by atoms with Crippen molar-refractivity contribution in [2.24, 2.45) is 0 Å². The van der Waals surface area contributed by atoms with Gasteiger partial charge < -0.3 is 5.32 Å². The molecule has 7 heteroatoms. The molecule has 0 bridgehead atoms. The molecule has 1 aromatic carbocycles. The van der Waals surface area contributed by atoms with Crippen LogP contribution in [-0.4, -0.2) is 29.2 Å². The third kappa shape index (κ3) is 2.89. The van der Waals surface area contributed by atoms with E-state index >= 15 is 0 Å². The van der Waals surface area contributed by atoms with Gasteiger partial charge in [0.15, 0.2) is 5.78 Å². The molecule has 5 nitrogen and oxygen atoms in total. The van der Waals surface area contributed by atoms with Gasteiger partial charge >= 0.3 is 6.03 Å². The van der Waals surface area contributed by atoms with E-state index in [1.807, 2.05) is 31.2 Å². The van der Waals surface area contributed by atoms with Crippen molar-refractivity contribution in [3.63, 3.8) is 0 Å². The zero-order chi connectivity index (χ0) is 17.5. The lowest BCUT2D eigenvalue weighted by atomic mass is 9.91. The Labute approximate surface area is 151 Å². The number of nitrogens with zero attached hydrogens (tertiary/aromatic N) is 1. The van der Waals surface area contributed by atoms with Crippen LogP contribution < -0.4 is 5.32 Å². The molecule has 0 aliphatic carbocycles. The Morgan fingerprint density at radius 3 is 2.46 bits per heavy atom. The largest absolute Gasteiger partial charge is 0.325 e. The van der Waals surface area contributed by atoms with Gasteiger partial charge in [0.05, 0.1) is 15.2 Å². The van der Waals surface area contributed by atoms with E-state index in [4.69, 9.17) is 0 Å². The molecule has 2 heterocycles. The highest BCUT2D eigenvalue weighted by Crippen LogP contribution is 2.30. The number of carbonyl (C=O) groups is 3. The van der Waals surface area contributed by atoms with Crippen LogP contribution >= 0.6 is 27.3 Å². The third-order valence-corrected chi connectivity index (χ3v) is 5.72. The van der Waals surface area contributed by atoms with E-state index in [2.05, 4.69) is 21.2 Å².